The third-order valence-electron chi connectivity index (χ3n) is 5.32. The molecule has 29 heavy (non-hydrogen) atoms. The molecule has 0 saturated carbocycles. The molecule has 0 amide bonds. The van der Waals surface area contributed by atoms with E-state index in [4.69, 9.17) is 6.57 Å². The number of fused-ring (bicyclic) bond motifs is 1. The van der Waals surface area contributed by atoms with E-state index >= 15 is 0 Å². The third kappa shape index (κ3) is 3.99. The normalized spacial score (nSPS) is 17.2. The lowest BCUT2D eigenvalue weighted by Gasteiger charge is -2.33. The molecule has 148 valence electrons. The maximum atomic E-state index is 10.4. The summed E-state index contributed by atoms with van der Waals surface area (Å²) in [6.07, 6.45) is 2.11. The van der Waals surface area contributed by atoms with Crippen LogP contribution in [0.1, 0.15) is 12.8 Å². The van der Waals surface area contributed by atoms with Crippen molar-refractivity contribution in [3.8, 4) is 17.0 Å². The van der Waals surface area contributed by atoms with Gasteiger partial charge in [0.25, 0.3) is 0 Å². The number of aliphatic hydroxyl groups excluding tert-OH is 1. The Bertz CT molecular complexity index is 1060. The molecular weight excluding hydrogens is 366 g/mol. The largest absolute Gasteiger partial charge is 0.509 e. The van der Waals surface area contributed by atoms with Crippen LogP contribution in [0.4, 0.5) is 11.5 Å². The van der Waals surface area contributed by atoms with E-state index in [2.05, 4.69) is 25.3 Å². The summed E-state index contributed by atoms with van der Waals surface area (Å²) >= 11 is 0. The monoisotopic (exact) mass is 389 g/mol. The number of nitrogens with zero attached hydrogens (tertiary/aromatic N) is 4. The van der Waals surface area contributed by atoms with Crippen molar-refractivity contribution < 1.29 is 10.2 Å². The van der Waals surface area contributed by atoms with Crippen molar-refractivity contribution in [2.75, 3.05) is 31.6 Å². The lowest BCUT2D eigenvalue weighted by atomic mass is 10.0. The van der Waals surface area contributed by atoms with Gasteiger partial charge in [0.1, 0.15) is 11.4 Å². The molecule has 1 atom stereocenters. The fraction of sp³-hybridized carbons (Fsp3) is 0.318. The minimum Gasteiger partial charge on any atom is -0.509 e. The minimum absolute atomic E-state index is 0.0191. The number of aromatic hydroxyl groups is 1. The Balaban J connectivity index is 1.68. The number of piperidine rings is 1. The van der Waals surface area contributed by atoms with Crippen molar-refractivity contribution in [1.82, 2.24) is 15.1 Å². The molecule has 7 nitrogen and oxygen atoms in total. The molecule has 1 aromatic heterocycles. The molecule has 0 radical (unpaired) electrons. The summed E-state index contributed by atoms with van der Waals surface area (Å²) < 4.78 is 0. The summed E-state index contributed by atoms with van der Waals surface area (Å²) in [4.78, 5) is 5.60. The average molecular weight is 389 g/mol. The summed E-state index contributed by atoms with van der Waals surface area (Å²) in [6, 6.07) is 12.9. The van der Waals surface area contributed by atoms with Crippen LogP contribution in [0.3, 0.4) is 0 Å². The molecule has 0 bridgehead atoms. The van der Waals surface area contributed by atoms with Gasteiger partial charge in [-0.05, 0) is 25.5 Å². The van der Waals surface area contributed by atoms with Crippen molar-refractivity contribution in [1.29, 1.82) is 0 Å². The van der Waals surface area contributed by atoms with Crippen molar-refractivity contribution in [3.63, 3.8) is 0 Å². The first-order valence-electron chi connectivity index (χ1n) is 9.75. The van der Waals surface area contributed by atoms with Crippen LogP contribution in [0.15, 0.2) is 42.5 Å². The number of phenolic OH excluding ortho intramolecular Hbond substituents is 1. The lowest BCUT2D eigenvalue weighted by molar-refractivity contribution is 0.166. The van der Waals surface area contributed by atoms with Gasteiger partial charge in [0, 0.05) is 35.5 Å². The van der Waals surface area contributed by atoms with E-state index in [0.29, 0.717) is 23.5 Å². The van der Waals surface area contributed by atoms with Gasteiger partial charge in [-0.25, -0.2) is 4.85 Å². The molecule has 1 aliphatic rings. The molecule has 3 N–H and O–H groups in total. The topological polar surface area (TPSA) is 85.9 Å². The molecular formula is C22H23N5O2. The van der Waals surface area contributed by atoms with E-state index in [1.807, 2.05) is 24.3 Å². The summed E-state index contributed by atoms with van der Waals surface area (Å²) in [6.45, 7) is 9.81. The zero-order valence-electron chi connectivity index (χ0n) is 16.0. The predicted molar refractivity (Wildman–Crippen MR) is 113 cm³/mol. The van der Waals surface area contributed by atoms with Crippen molar-refractivity contribution in [2.24, 2.45) is 0 Å². The Morgan fingerprint density at radius 1 is 1.17 bits per heavy atom. The highest BCUT2D eigenvalue weighted by Gasteiger charge is 2.21. The zero-order chi connectivity index (χ0) is 20.2. The second-order valence-corrected chi connectivity index (χ2v) is 7.26. The van der Waals surface area contributed by atoms with Gasteiger partial charge in [-0.15, -0.1) is 10.2 Å². The van der Waals surface area contributed by atoms with Gasteiger partial charge in [0.05, 0.1) is 13.2 Å². The zero-order valence-corrected chi connectivity index (χ0v) is 16.0. The van der Waals surface area contributed by atoms with Crippen LogP contribution in [-0.4, -0.2) is 57.6 Å². The average Bonchev–Trinajstić information content (AvgIpc) is 2.75. The molecule has 2 aromatic carbocycles. The number of likely N-dealkylation sites (tertiary alicyclic amines) is 1. The van der Waals surface area contributed by atoms with E-state index < -0.39 is 0 Å². The number of hydrogen-bond acceptors (Lipinski definition) is 6. The van der Waals surface area contributed by atoms with Gasteiger partial charge in [0.2, 0.25) is 0 Å². The highest BCUT2D eigenvalue weighted by molar-refractivity contribution is 6.01. The molecule has 1 saturated heterocycles. The summed E-state index contributed by atoms with van der Waals surface area (Å²) in [5.41, 5.74) is 1.52. The molecule has 1 fully saturated rings. The molecule has 7 heteroatoms. The fourth-order valence-corrected chi connectivity index (χ4v) is 3.91. The Morgan fingerprint density at radius 2 is 2.00 bits per heavy atom. The van der Waals surface area contributed by atoms with Gasteiger partial charge >= 0.3 is 0 Å². The molecule has 0 unspecified atom stereocenters. The Labute approximate surface area is 169 Å². The van der Waals surface area contributed by atoms with Gasteiger partial charge in [-0.2, -0.15) is 0 Å². The molecule has 1 aliphatic heterocycles. The van der Waals surface area contributed by atoms with Crippen LogP contribution in [0.5, 0.6) is 5.75 Å². The molecule has 2 heterocycles. The lowest BCUT2D eigenvalue weighted by Crippen LogP contribution is -2.43. The van der Waals surface area contributed by atoms with Crippen LogP contribution in [0, 0.1) is 6.57 Å². The van der Waals surface area contributed by atoms with Gasteiger partial charge in [0.15, 0.2) is 11.5 Å². The van der Waals surface area contributed by atoms with Gasteiger partial charge < -0.3 is 15.5 Å². The Morgan fingerprint density at radius 3 is 2.76 bits per heavy atom. The van der Waals surface area contributed by atoms with Crippen molar-refractivity contribution >= 4 is 22.3 Å². The Kier molecular flexibility index (Phi) is 5.56. The van der Waals surface area contributed by atoms with E-state index in [-0.39, 0.29) is 18.4 Å². The number of anilines is 1. The summed E-state index contributed by atoms with van der Waals surface area (Å²) in [7, 11) is 0. The number of aromatic nitrogens is 2. The molecule has 4 rings (SSSR count). The first-order valence-corrected chi connectivity index (χ1v) is 9.75. The first-order chi connectivity index (χ1) is 14.2. The van der Waals surface area contributed by atoms with Gasteiger partial charge in [-0.1, -0.05) is 36.4 Å². The van der Waals surface area contributed by atoms with Crippen LogP contribution in [0.25, 0.3) is 26.9 Å². The van der Waals surface area contributed by atoms with E-state index in [9.17, 15) is 10.2 Å². The maximum Gasteiger partial charge on any atom is 0.190 e. The second kappa shape index (κ2) is 8.43. The number of β-amino-alcohol motifs (C(OH)–C–C–N with tert-alkyl or cyclic N) is 1. The number of benzene rings is 2. The fourth-order valence-electron chi connectivity index (χ4n) is 3.91. The standard InChI is InChI=1S/C22H23N5O2/c1-23-15-8-9-19(20(29)13-15)21-17-6-2-3-7-18(17)22(26-25-21)24-16-5-4-10-27(14-16)11-12-28/h2-3,6-9,13,16,28-29H,4-5,10-12,14H2,(H,24,26)/t16-/m1/s1. The SMILES string of the molecule is [C-]#[N+]c1ccc(-c2nnc(N[C@@H]3CCCN(CCO)C3)c3ccccc23)c(O)c1. The summed E-state index contributed by atoms with van der Waals surface area (Å²) in [5, 5.41) is 33.8. The van der Waals surface area contributed by atoms with Crippen LogP contribution < -0.4 is 5.32 Å². The van der Waals surface area contributed by atoms with E-state index in [0.717, 1.165) is 42.5 Å². The van der Waals surface area contributed by atoms with E-state index in [1.165, 1.54) is 6.07 Å². The van der Waals surface area contributed by atoms with Crippen molar-refractivity contribution in [2.45, 2.75) is 18.9 Å². The highest BCUT2D eigenvalue weighted by Crippen LogP contribution is 2.36. The number of nitrogens with one attached hydrogen (secondary N) is 1. The third-order valence-corrected chi connectivity index (χ3v) is 5.32. The second-order valence-electron chi connectivity index (χ2n) is 7.26. The van der Waals surface area contributed by atoms with Crippen molar-refractivity contribution in [3.05, 3.63) is 53.9 Å². The quantitative estimate of drug-likeness (QED) is 0.580. The Hall–Kier alpha value is -3.21. The summed E-state index contributed by atoms with van der Waals surface area (Å²) in [5.74, 6) is 0.739. The number of aliphatic hydroxyl groups is 1. The highest BCUT2D eigenvalue weighted by atomic mass is 16.3. The first kappa shape index (κ1) is 19.1. The minimum atomic E-state index is 0.0191. The smallest absolute Gasteiger partial charge is 0.190 e. The van der Waals surface area contributed by atoms with Crippen LogP contribution in [0.2, 0.25) is 0 Å². The number of phenols is 1. The van der Waals surface area contributed by atoms with E-state index in [1.54, 1.807) is 12.1 Å². The molecule has 3 aromatic rings. The molecule has 0 spiro atoms. The number of rotatable bonds is 5. The predicted octanol–water partition coefficient (Wildman–Crippen LogP) is 3.42. The van der Waals surface area contributed by atoms with Crippen LogP contribution in [-0.2, 0) is 0 Å². The maximum absolute atomic E-state index is 10.4. The van der Waals surface area contributed by atoms with Crippen LogP contribution >= 0.6 is 0 Å². The van der Waals surface area contributed by atoms with Gasteiger partial charge in [-0.3, -0.25) is 4.90 Å². The number of hydrogen-bond donors (Lipinski definition) is 3. The molecule has 0 aliphatic carbocycles.